The van der Waals surface area contributed by atoms with Crippen LogP contribution in [-0.4, -0.2) is 17.6 Å². The molecule has 7 heteroatoms. The Morgan fingerprint density at radius 1 is 1.25 bits per heavy atom. The van der Waals surface area contributed by atoms with Crippen molar-refractivity contribution in [2.24, 2.45) is 0 Å². The van der Waals surface area contributed by atoms with Crippen LogP contribution in [0.1, 0.15) is 5.69 Å². The molecule has 1 atom stereocenters. The Balaban J connectivity index is 2.38. The van der Waals surface area contributed by atoms with Crippen molar-refractivity contribution in [2.45, 2.75) is 0 Å². The van der Waals surface area contributed by atoms with Gasteiger partial charge < -0.3 is 0 Å². The zero-order valence-corrected chi connectivity index (χ0v) is 10.2. The van der Waals surface area contributed by atoms with Gasteiger partial charge in [0, 0.05) is 16.9 Å². The Bertz CT molecular complexity index is 605. The van der Waals surface area contributed by atoms with Gasteiger partial charge in [-0.2, -0.15) is 0 Å². The normalized spacial score (nSPS) is 20.4. The van der Waals surface area contributed by atoms with Crippen molar-refractivity contribution in [3.63, 3.8) is 0 Å². The quantitative estimate of drug-likeness (QED) is 0.769. The second kappa shape index (κ2) is 4.12. The van der Waals surface area contributed by atoms with Crippen molar-refractivity contribution in [3.8, 4) is 0 Å². The van der Waals surface area contributed by atoms with Crippen LogP contribution in [0.25, 0.3) is 4.91 Å². The highest BCUT2D eigenvalue weighted by Gasteiger charge is 2.28. The summed E-state index contributed by atoms with van der Waals surface area (Å²) in [6, 6.07) is 5.10. The third-order valence-corrected chi connectivity index (χ3v) is 5.66. The molecule has 1 aromatic heterocycles. The summed E-state index contributed by atoms with van der Waals surface area (Å²) in [6.45, 7) is 0. The molecule has 2 heterocycles. The molecule has 0 aliphatic carbocycles. The second-order valence-corrected chi connectivity index (χ2v) is 7.15. The fourth-order valence-corrected chi connectivity index (χ4v) is 4.04. The van der Waals surface area contributed by atoms with Crippen LogP contribution >= 0.6 is 10.7 Å². The first-order valence-electron chi connectivity index (χ1n) is 4.20. The highest BCUT2D eigenvalue weighted by molar-refractivity contribution is 8.27. The van der Waals surface area contributed by atoms with Crippen molar-refractivity contribution in [3.05, 3.63) is 46.5 Å². The molecule has 1 aromatic rings. The first-order valence-corrected chi connectivity index (χ1v) is 7.66. The molecule has 0 bridgehead atoms. The summed E-state index contributed by atoms with van der Waals surface area (Å²) < 4.78 is 33.7. The number of allylic oxidation sites excluding steroid dienone is 2. The molecule has 0 saturated heterocycles. The molecule has 1 aliphatic heterocycles. The van der Waals surface area contributed by atoms with Gasteiger partial charge in [0.25, 0.3) is 9.05 Å². The van der Waals surface area contributed by atoms with Gasteiger partial charge >= 0.3 is 0 Å². The standard InChI is InChI=1S/C9H6ClNO3S2/c10-16(13,14)9-5-4-8(15(9)12)7-3-1-2-6-11-7/h1-6H. The van der Waals surface area contributed by atoms with E-state index in [1.165, 1.54) is 12.2 Å². The molecular formula is C9H6ClNO3S2. The largest absolute Gasteiger partial charge is 0.270 e. The number of rotatable bonds is 2. The molecule has 0 spiro atoms. The van der Waals surface area contributed by atoms with Gasteiger partial charge in [-0.25, -0.2) is 12.6 Å². The maximum Gasteiger partial charge on any atom is 0.270 e. The fraction of sp³-hybridized carbons (Fsp3) is 0. The lowest BCUT2D eigenvalue weighted by Gasteiger charge is -2.01. The minimum absolute atomic E-state index is 0.296. The Labute approximate surface area is 99.5 Å². The minimum Gasteiger partial charge on any atom is -0.256 e. The predicted octanol–water partition coefficient (Wildman–Crippen LogP) is 1.59. The summed E-state index contributed by atoms with van der Waals surface area (Å²) >= 11 is 0. The fourth-order valence-electron chi connectivity index (χ4n) is 1.24. The van der Waals surface area contributed by atoms with E-state index < -0.39 is 19.9 Å². The highest BCUT2D eigenvalue weighted by atomic mass is 35.7. The van der Waals surface area contributed by atoms with Crippen molar-refractivity contribution < 1.29 is 12.6 Å². The lowest BCUT2D eigenvalue weighted by Crippen LogP contribution is -2.01. The summed E-state index contributed by atoms with van der Waals surface area (Å²) in [6.07, 6.45) is 4.23. The minimum atomic E-state index is -3.94. The van der Waals surface area contributed by atoms with Gasteiger partial charge in [-0.15, -0.1) is 0 Å². The van der Waals surface area contributed by atoms with Crippen LogP contribution in [0.3, 0.4) is 0 Å². The van der Waals surface area contributed by atoms with Gasteiger partial charge in [0.15, 0.2) is 4.24 Å². The van der Waals surface area contributed by atoms with Crippen LogP contribution < -0.4 is 0 Å². The van der Waals surface area contributed by atoms with Gasteiger partial charge in [0.05, 0.1) is 10.6 Å². The number of pyridine rings is 1. The van der Waals surface area contributed by atoms with Crippen molar-refractivity contribution in [2.75, 3.05) is 0 Å². The smallest absolute Gasteiger partial charge is 0.256 e. The van der Waals surface area contributed by atoms with Crippen LogP contribution in [0, 0.1) is 0 Å². The van der Waals surface area contributed by atoms with E-state index in [1.807, 2.05) is 0 Å². The number of nitrogens with zero attached hydrogens (tertiary/aromatic N) is 1. The van der Waals surface area contributed by atoms with E-state index in [1.54, 1.807) is 24.4 Å². The van der Waals surface area contributed by atoms with Crippen molar-refractivity contribution in [1.29, 1.82) is 0 Å². The summed E-state index contributed by atoms with van der Waals surface area (Å²) in [5.74, 6) is 0. The van der Waals surface area contributed by atoms with E-state index in [9.17, 15) is 12.6 Å². The van der Waals surface area contributed by atoms with Crippen LogP contribution in [0.15, 0.2) is 40.8 Å². The summed E-state index contributed by atoms with van der Waals surface area (Å²) in [5, 5.41) is 0. The van der Waals surface area contributed by atoms with Crippen molar-refractivity contribution in [1.82, 2.24) is 4.98 Å². The van der Waals surface area contributed by atoms with Gasteiger partial charge in [-0.3, -0.25) is 4.98 Å². The van der Waals surface area contributed by atoms with Crippen LogP contribution in [0.4, 0.5) is 0 Å². The molecule has 0 radical (unpaired) electrons. The molecule has 84 valence electrons. The second-order valence-electron chi connectivity index (χ2n) is 2.94. The first kappa shape index (κ1) is 11.5. The van der Waals surface area contributed by atoms with E-state index in [0.717, 1.165) is 0 Å². The van der Waals surface area contributed by atoms with Gasteiger partial charge in [0.2, 0.25) is 0 Å². The Morgan fingerprint density at radius 3 is 2.50 bits per heavy atom. The molecular weight excluding hydrogens is 270 g/mol. The lowest BCUT2D eigenvalue weighted by molar-refractivity contribution is 0.616. The summed E-state index contributed by atoms with van der Waals surface area (Å²) in [4.78, 5) is 4.34. The van der Waals surface area contributed by atoms with Gasteiger partial charge in [-0.1, -0.05) is 6.07 Å². The Morgan fingerprint density at radius 2 is 2.00 bits per heavy atom. The van der Waals surface area contributed by atoms with E-state index in [0.29, 0.717) is 10.6 Å². The molecule has 16 heavy (non-hydrogen) atoms. The molecule has 0 amide bonds. The number of hydrogen-bond acceptors (Lipinski definition) is 4. The zero-order chi connectivity index (χ0) is 11.8. The Hall–Kier alpha value is -0.980. The van der Waals surface area contributed by atoms with E-state index in [2.05, 4.69) is 4.98 Å². The number of halogens is 1. The maximum atomic E-state index is 11.8. The van der Waals surface area contributed by atoms with E-state index in [-0.39, 0.29) is 4.24 Å². The lowest BCUT2D eigenvalue weighted by atomic mass is 10.3. The third-order valence-electron chi connectivity index (χ3n) is 1.91. The highest BCUT2D eigenvalue weighted by Crippen LogP contribution is 2.31. The van der Waals surface area contributed by atoms with Crippen molar-refractivity contribution >= 4 is 35.4 Å². The molecule has 1 unspecified atom stereocenters. The molecule has 0 N–H and O–H groups in total. The van der Waals surface area contributed by atoms with E-state index >= 15 is 0 Å². The average molecular weight is 276 g/mol. The summed E-state index contributed by atoms with van der Waals surface area (Å²) in [7, 11) is -0.574. The monoisotopic (exact) mass is 275 g/mol. The molecule has 2 rings (SSSR count). The van der Waals surface area contributed by atoms with E-state index in [4.69, 9.17) is 10.7 Å². The third kappa shape index (κ3) is 2.09. The zero-order valence-electron chi connectivity index (χ0n) is 7.83. The molecule has 0 fully saturated rings. The molecule has 0 saturated carbocycles. The maximum absolute atomic E-state index is 11.8. The van der Waals surface area contributed by atoms with Gasteiger partial charge in [-0.05, 0) is 24.3 Å². The number of hydrogen-bond donors (Lipinski definition) is 0. The average Bonchev–Trinajstić information content (AvgIpc) is 2.61. The van der Waals surface area contributed by atoms with Gasteiger partial charge in [0.1, 0.15) is 10.8 Å². The number of aromatic nitrogens is 1. The molecule has 0 aromatic carbocycles. The molecule has 1 aliphatic rings. The summed E-state index contributed by atoms with van der Waals surface area (Å²) in [5.41, 5.74) is 0.479. The van der Waals surface area contributed by atoms with Crippen LogP contribution in [-0.2, 0) is 19.9 Å². The topological polar surface area (TPSA) is 64.1 Å². The first-order chi connectivity index (χ1) is 7.50. The van der Waals surface area contributed by atoms with Crippen LogP contribution in [0.2, 0.25) is 0 Å². The van der Waals surface area contributed by atoms with Crippen LogP contribution in [0.5, 0.6) is 0 Å². The predicted molar refractivity (Wildman–Crippen MR) is 63.2 cm³/mol. The Kier molecular flexibility index (Phi) is 2.96. The SMILES string of the molecule is O=S1C(c2ccccn2)=CC=C1S(=O)(=O)Cl. The molecule has 4 nitrogen and oxygen atoms in total.